The molecule has 1 N–H and O–H groups in total. The van der Waals surface area contributed by atoms with Gasteiger partial charge in [-0.15, -0.1) is 0 Å². The summed E-state index contributed by atoms with van der Waals surface area (Å²) in [5.41, 5.74) is -0.422. The predicted octanol–water partition coefficient (Wildman–Crippen LogP) is 1.84. The normalized spacial score (nSPS) is 22.7. The maximum absolute atomic E-state index is 9.81. The first-order valence-corrected chi connectivity index (χ1v) is 4.17. The average molecular weight is 156 g/mol. The first-order valence-electron chi connectivity index (χ1n) is 4.17. The standard InChI is InChI=1S/C9H16O2/c1-11-8-4-7-9(10)5-2-3-6-9/h4,8,10H,2-3,5-7H2,1H3/b8-4-. The van der Waals surface area contributed by atoms with Gasteiger partial charge in [0, 0.05) is 0 Å². The molecule has 2 heteroatoms. The lowest BCUT2D eigenvalue weighted by Gasteiger charge is -2.19. The molecule has 0 unspecified atom stereocenters. The maximum Gasteiger partial charge on any atom is 0.0785 e. The highest BCUT2D eigenvalue weighted by atomic mass is 16.5. The van der Waals surface area contributed by atoms with Crippen molar-refractivity contribution in [2.45, 2.75) is 37.7 Å². The molecule has 0 aromatic rings. The van der Waals surface area contributed by atoms with Crippen molar-refractivity contribution in [2.75, 3.05) is 7.11 Å². The SMILES string of the molecule is CO/C=C\CC1(O)CCCC1. The zero-order chi connectivity index (χ0) is 8.16. The van der Waals surface area contributed by atoms with Gasteiger partial charge in [0.25, 0.3) is 0 Å². The molecule has 1 aliphatic carbocycles. The molecular weight excluding hydrogens is 140 g/mol. The zero-order valence-electron chi connectivity index (χ0n) is 7.05. The Labute approximate surface area is 67.9 Å². The fraction of sp³-hybridized carbons (Fsp3) is 0.778. The van der Waals surface area contributed by atoms with Gasteiger partial charge >= 0.3 is 0 Å². The third-order valence-corrected chi connectivity index (χ3v) is 2.26. The quantitative estimate of drug-likeness (QED) is 0.632. The Bertz CT molecular complexity index is 134. The Balaban J connectivity index is 2.28. The van der Waals surface area contributed by atoms with Gasteiger partial charge in [-0.05, 0) is 25.3 Å². The average Bonchev–Trinajstić information content (AvgIpc) is 2.38. The van der Waals surface area contributed by atoms with Crippen LogP contribution in [0.5, 0.6) is 0 Å². The molecule has 1 fully saturated rings. The molecule has 0 spiro atoms. The highest BCUT2D eigenvalue weighted by molar-refractivity contribution is 4.91. The second kappa shape index (κ2) is 3.77. The van der Waals surface area contributed by atoms with Gasteiger partial charge in [0.2, 0.25) is 0 Å². The molecule has 0 amide bonds. The van der Waals surface area contributed by atoms with E-state index in [1.165, 1.54) is 0 Å². The number of aliphatic hydroxyl groups is 1. The van der Waals surface area contributed by atoms with Crippen LogP contribution in [0, 0.1) is 0 Å². The fourth-order valence-corrected chi connectivity index (χ4v) is 1.60. The predicted molar refractivity (Wildman–Crippen MR) is 44.2 cm³/mol. The van der Waals surface area contributed by atoms with Crippen molar-refractivity contribution in [3.8, 4) is 0 Å². The summed E-state index contributed by atoms with van der Waals surface area (Å²) in [5, 5.41) is 9.81. The minimum atomic E-state index is -0.422. The summed E-state index contributed by atoms with van der Waals surface area (Å²) in [6.07, 6.45) is 8.49. The zero-order valence-corrected chi connectivity index (χ0v) is 7.05. The lowest BCUT2D eigenvalue weighted by molar-refractivity contribution is 0.0503. The lowest BCUT2D eigenvalue weighted by atomic mass is 9.98. The van der Waals surface area contributed by atoms with E-state index < -0.39 is 5.60 Å². The topological polar surface area (TPSA) is 29.5 Å². The van der Waals surface area contributed by atoms with E-state index in [0.29, 0.717) is 0 Å². The van der Waals surface area contributed by atoms with Gasteiger partial charge in [-0.25, -0.2) is 0 Å². The smallest absolute Gasteiger partial charge is 0.0785 e. The van der Waals surface area contributed by atoms with Gasteiger partial charge in [-0.1, -0.05) is 12.8 Å². The molecule has 2 nitrogen and oxygen atoms in total. The van der Waals surface area contributed by atoms with Crippen LogP contribution in [0.25, 0.3) is 0 Å². The highest BCUT2D eigenvalue weighted by Crippen LogP contribution is 2.32. The minimum absolute atomic E-state index is 0.422. The number of hydrogen-bond donors (Lipinski definition) is 1. The molecule has 0 atom stereocenters. The number of rotatable bonds is 3. The van der Waals surface area contributed by atoms with Crippen LogP contribution in [0.15, 0.2) is 12.3 Å². The Morgan fingerprint density at radius 2 is 2.09 bits per heavy atom. The van der Waals surface area contributed by atoms with Gasteiger partial charge in [0.1, 0.15) is 0 Å². The second-order valence-electron chi connectivity index (χ2n) is 3.24. The first kappa shape index (κ1) is 8.60. The van der Waals surface area contributed by atoms with Gasteiger partial charge < -0.3 is 9.84 Å². The van der Waals surface area contributed by atoms with Crippen LogP contribution in [0.1, 0.15) is 32.1 Å². The monoisotopic (exact) mass is 156 g/mol. The van der Waals surface area contributed by atoms with E-state index in [1.807, 2.05) is 6.08 Å². The van der Waals surface area contributed by atoms with E-state index in [0.717, 1.165) is 32.1 Å². The summed E-state index contributed by atoms with van der Waals surface area (Å²) in [4.78, 5) is 0. The van der Waals surface area contributed by atoms with Crippen LogP contribution in [0.3, 0.4) is 0 Å². The van der Waals surface area contributed by atoms with E-state index in [2.05, 4.69) is 0 Å². The van der Waals surface area contributed by atoms with E-state index in [1.54, 1.807) is 13.4 Å². The van der Waals surface area contributed by atoms with Gasteiger partial charge in [0.05, 0.1) is 19.0 Å². The Kier molecular flexibility index (Phi) is 2.94. The third-order valence-electron chi connectivity index (χ3n) is 2.26. The number of ether oxygens (including phenoxy) is 1. The lowest BCUT2D eigenvalue weighted by Crippen LogP contribution is -2.22. The van der Waals surface area contributed by atoms with Crippen molar-refractivity contribution in [1.29, 1.82) is 0 Å². The molecule has 0 heterocycles. The molecule has 1 rings (SSSR count). The molecule has 1 saturated carbocycles. The molecule has 0 aliphatic heterocycles. The van der Waals surface area contributed by atoms with Crippen LogP contribution in [0.2, 0.25) is 0 Å². The van der Waals surface area contributed by atoms with Gasteiger partial charge in [-0.2, -0.15) is 0 Å². The van der Waals surface area contributed by atoms with Crippen LogP contribution in [0.4, 0.5) is 0 Å². The van der Waals surface area contributed by atoms with Crippen LogP contribution in [-0.2, 0) is 4.74 Å². The van der Waals surface area contributed by atoms with Crippen molar-refractivity contribution in [3.63, 3.8) is 0 Å². The molecule has 64 valence electrons. The van der Waals surface area contributed by atoms with Crippen LogP contribution in [-0.4, -0.2) is 17.8 Å². The van der Waals surface area contributed by atoms with Crippen LogP contribution >= 0.6 is 0 Å². The van der Waals surface area contributed by atoms with Gasteiger partial charge in [0.15, 0.2) is 0 Å². The first-order chi connectivity index (χ1) is 5.27. The highest BCUT2D eigenvalue weighted by Gasteiger charge is 2.29. The summed E-state index contributed by atoms with van der Waals surface area (Å²) in [7, 11) is 1.62. The third kappa shape index (κ3) is 2.54. The van der Waals surface area contributed by atoms with Crippen LogP contribution < -0.4 is 0 Å². The number of hydrogen-bond acceptors (Lipinski definition) is 2. The van der Waals surface area contributed by atoms with Crippen molar-refractivity contribution in [3.05, 3.63) is 12.3 Å². The summed E-state index contributed by atoms with van der Waals surface area (Å²) in [6.45, 7) is 0. The molecule has 11 heavy (non-hydrogen) atoms. The Morgan fingerprint density at radius 1 is 1.45 bits per heavy atom. The molecule has 0 bridgehead atoms. The summed E-state index contributed by atoms with van der Waals surface area (Å²) >= 11 is 0. The molecule has 0 radical (unpaired) electrons. The van der Waals surface area contributed by atoms with E-state index >= 15 is 0 Å². The van der Waals surface area contributed by atoms with Crippen molar-refractivity contribution in [1.82, 2.24) is 0 Å². The molecular formula is C9H16O2. The number of methoxy groups -OCH3 is 1. The van der Waals surface area contributed by atoms with Crippen molar-refractivity contribution in [2.24, 2.45) is 0 Å². The fourth-order valence-electron chi connectivity index (χ4n) is 1.60. The molecule has 1 aliphatic rings. The summed E-state index contributed by atoms with van der Waals surface area (Å²) in [5.74, 6) is 0. The largest absolute Gasteiger partial charge is 0.505 e. The maximum atomic E-state index is 9.81. The summed E-state index contributed by atoms with van der Waals surface area (Å²) in [6, 6.07) is 0. The Morgan fingerprint density at radius 3 is 2.64 bits per heavy atom. The molecule has 0 aromatic heterocycles. The molecule has 0 aromatic carbocycles. The van der Waals surface area contributed by atoms with Crippen molar-refractivity contribution < 1.29 is 9.84 Å². The van der Waals surface area contributed by atoms with E-state index in [9.17, 15) is 5.11 Å². The van der Waals surface area contributed by atoms with Gasteiger partial charge in [-0.3, -0.25) is 0 Å². The minimum Gasteiger partial charge on any atom is -0.505 e. The van der Waals surface area contributed by atoms with E-state index in [-0.39, 0.29) is 0 Å². The Hall–Kier alpha value is -0.500. The molecule has 0 saturated heterocycles. The second-order valence-corrected chi connectivity index (χ2v) is 3.24. The van der Waals surface area contributed by atoms with E-state index in [4.69, 9.17) is 4.74 Å². The van der Waals surface area contributed by atoms with Crippen molar-refractivity contribution >= 4 is 0 Å². The summed E-state index contributed by atoms with van der Waals surface area (Å²) < 4.78 is 4.75.